The van der Waals surface area contributed by atoms with Gasteiger partial charge in [0.15, 0.2) is 0 Å². The Morgan fingerprint density at radius 1 is 1.67 bits per heavy atom. The minimum atomic E-state index is -0.411. The second kappa shape index (κ2) is 5.47. The molecule has 0 radical (unpaired) electrons. The molecule has 0 saturated heterocycles. The first kappa shape index (κ1) is 12.5. The smallest absolute Gasteiger partial charge is 0.228 e. The molecule has 0 aliphatic heterocycles. The molecule has 1 aromatic carbocycles. The molecule has 15 heavy (non-hydrogen) atoms. The molecule has 1 amide bonds. The van der Waals surface area contributed by atoms with E-state index in [1.165, 1.54) is 12.1 Å². The van der Waals surface area contributed by atoms with Crippen LogP contribution < -0.4 is 5.32 Å². The lowest BCUT2D eigenvalue weighted by atomic mass is 10.2. The van der Waals surface area contributed by atoms with Gasteiger partial charge < -0.3 is 5.32 Å². The van der Waals surface area contributed by atoms with Gasteiger partial charge in [0.2, 0.25) is 5.91 Å². The molecule has 1 aromatic rings. The van der Waals surface area contributed by atoms with Crippen molar-refractivity contribution in [2.75, 3.05) is 11.2 Å². The zero-order chi connectivity index (χ0) is 11.4. The molecule has 0 aliphatic rings. The Morgan fingerprint density at radius 3 is 2.87 bits per heavy atom. The number of carbonyl (C=O) groups is 1. The van der Waals surface area contributed by atoms with Crippen molar-refractivity contribution < 1.29 is 9.18 Å². The van der Waals surface area contributed by atoms with Crippen LogP contribution >= 0.6 is 27.5 Å². The van der Waals surface area contributed by atoms with Gasteiger partial charge in [-0.05, 0) is 34.1 Å². The van der Waals surface area contributed by atoms with Crippen LogP contribution in [0.15, 0.2) is 22.7 Å². The predicted octanol–water partition coefficient (Wildman–Crippen LogP) is 3.40. The molecule has 2 nitrogen and oxygen atoms in total. The van der Waals surface area contributed by atoms with Crippen molar-refractivity contribution in [2.45, 2.75) is 6.92 Å². The number of hydrogen-bond acceptors (Lipinski definition) is 1. The van der Waals surface area contributed by atoms with Crippen LogP contribution in [0.1, 0.15) is 6.92 Å². The summed E-state index contributed by atoms with van der Waals surface area (Å²) >= 11 is 8.56. The van der Waals surface area contributed by atoms with Gasteiger partial charge in [0.25, 0.3) is 0 Å². The van der Waals surface area contributed by atoms with Crippen molar-refractivity contribution >= 4 is 39.1 Å². The lowest BCUT2D eigenvalue weighted by Gasteiger charge is -2.09. The fraction of sp³-hybridized carbons (Fsp3) is 0.300. The number of nitrogens with one attached hydrogen (secondary N) is 1. The summed E-state index contributed by atoms with van der Waals surface area (Å²) in [5.41, 5.74) is 0.428. The van der Waals surface area contributed by atoms with Crippen molar-refractivity contribution in [3.8, 4) is 0 Å². The van der Waals surface area contributed by atoms with Crippen molar-refractivity contribution in [1.29, 1.82) is 0 Å². The van der Waals surface area contributed by atoms with Crippen molar-refractivity contribution in [3.05, 3.63) is 28.5 Å². The molecule has 1 rings (SSSR count). The third-order valence-electron chi connectivity index (χ3n) is 1.87. The van der Waals surface area contributed by atoms with E-state index >= 15 is 0 Å². The standard InChI is InChI=1S/C10H10BrClFNO/c1-6(5-12)10(15)14-7-2-3-8(11)9(13)4-7/h2-4,6H,5H2,1H3,(H,14,15). The highest BCUT2D eigenvalue weighted by atomic mass is 79.9. The molecular formula is C10H10BrClFNO. The molecule has 0 spiro atoms. The Labute approximate surface area is 101 Å². The maximum atomic E-state index is 13.1. The average molecular weight is 295 g/mol. The zero-order valence-corrected chi connectivity index (χ0v) is 10.4. The number of alkyl halides is 1. The summed E-state index contributed by atoms with van der Waals surface area (Å²) in [5, 5.41) is 2.58. The van der Waals surface area contributed by atoms with Gasteiger partial charge in [0.05, 0.1) is 4.47 Å². The highest BCUT2D eigenvalue weighted by Gasteiger charge is 2.12. The monoisotopic (exact) mass is 293 g/mol. The van der Waals surface area contributed by atoms with Gasteiger partial charge >= 0.3 is 0 Å². The van der Waals surface area contributed by atoms with Gasteiger partial charge in [-0.1, -0.05) is 6.92 Å². The number of benzene rings is 1. The Balaban J connectivity index is 2.73. The van der Waals surface area contributed by atoms with Crippen LogP contribution in [-0.2, 0) is 4.79 Å². The summed E-state index contributed by atoms with van der Waals surface area (Å²) in [5.74, 6) is -0.679. The normalized spacial score (nSPS) is 12.3. The summed E-state index contributed by atoms with van der Waals surface area (Å²) in [6.45, 7) is 1.71. The fourth-order valence-electron chi connectivity index (χ4n) is 0.909. The highest BCUT2D eigenvalue weighted by molar-refractivity contribution is 9.10. The maximum absolute atomic E-state index is 13.1. The summed E-state index contributed by atoms with van der Waals surface area (Å²) < 4.78 is 13.5. The van der Waals surface area contributed by atoms with Crippen LogP contribution in [0.5, 0.6) is 0 Å². The first-order valence-electron chi connectivity index (χ1n) is 4.36. The topological polar surface area (TPSA) is 29.1 Å². The van der Waals surface area contributed by atoms with E-state index in [2.05, 4.69) is 21.2 Å². The number of rotatable bonds is 3. The molecule has 5 heteroatoms. The Kier molecular flexibility index (Phi) is 4.54. The second-order valence-electron chi connectivity index (χ2n) is 3.17. The number of anilines is 1. The van der Waals surface area contributed by atoms with Gasteiger partial charge in [-0.25, -0.2) is 4.39 Å². The molecular weight excluding hydrogens is 284 g/mol. The number of hydrogen-bond donors (Lipinski definition) is 1. The maximum Gasteiger partial charge on any atom is 0.228 e. The third-order valence-corrected chi connectivity index (χ3v) is 2.97. The summed E-state index contributed by atoms with van der Waals surface area (Å²) in [6, 6.07) is 4.41. The van der Waals surface area contributed by atoms with Crippen LogP contribution in [0.4, 0.5) is 10.1 Å². The van der Waals surface area contributed by atoms with Crippen LogP contribution in [0, 0.1) is 11.7 Å². The summed E-state index contributed by atoms with van der Waals surface area (Å²) in [4.78, 5) is 11.4. The lowest BCUT2D eigenvalue weighted by molar-refractivity contribution is -0.118. The Morgan fingerprint density at radius 2 is 2.33 bits per heavy atom. The average Bonchev–Trinajstić information content (AvgIpc) is 2.22. The molecule has 1 N–H and O–H groups in total. The van der Waals surface area contributed by atoms with Gasteiger partial charge in [-0.3, -0.25) is 4.79 Å². The Hall–Kier alpha value is -0.610. The summed E-state index contributed by atoms with van der Waals surface area (Å²) in [6.07, 6.45) is 0. The largest absolute Gasteiger partial charge is 0.326 e. The van der Waals surface area contributed by atoms with Crippen LogP contribution in [0.25, 0.3) is 0 Å². The number of carbonyl (C=O) groups excluding carboxylic acids is 1. The third kappa shape index (κ3) is 3.47. The molecule has 0 bridgehead atoms. The van der Waals surface area contributed by atoms with Crippen molar-refractivity contribution in [1.82, 2.24) is 0 Å². The lowest BCUT2D eigenvalue weighted by Crippen LogP contribution is -2.21. The minimum Gasteiger partial charge on any atom is -0.326 e. The first-order valence-corrected chi connectivity index (χ1v) is 5.69. The van der Waals surface area contributed by atoms with Crippen LogP contribution in [0.2, 0.25) is 0 Å². The molecule has 0 heterocycles. The van der Waals surface area contributed by atoms with E-state index in [0.29, 0.717) is 10.2 Å². The van der Waals surface area contributed by atoms with Crippen molar-refractivity contribution in [2.24, 2.45) is 5.92 Å². The van der Waals surface area contributed by atoms with Gasteiger partial charge in [-0.2, -0.15) is 0 Å². The molecule has 0 fully saturated rings. The number of amides is 1. The highest BCUT2D eigenvalue weighted by Crippen LogP contribution is 2.19. The van der Waals surface area contributed by atoms with E-state index in [1.807, 2.05) is 0 Å². The summed E-state index contributed by atoms with van der Waals surface area (Å²) in [7, 11) is 0. The van der Waals surface area contributed by atoms with Gasteiger partial charge in [-0.15, -0.1) is 11.6 Å². The minimum absolute atomic E-state index is 0.216. The van der Waals surface area contributed by atoms with Crippen LogP contribution in [0.3, 0.4) is 0 Å². The van der Waals surface area contributed by atoms with E-state index in [0.717, 1.165) is 0 Å². The molecule has 0 aliphatic carbocycles. The quantitative estimate of drug-likeness (QED) is 0.851. The van der Waals surface area contributed by atoms with Crippen LogP contribution in [-0.4, -0.2) is 11.8 Å². The SMILES string of the molecule is CC(CCl)C(=O)Nc1ccc(Br)c(F)c1. The van der Waals surface area contributed by atoms with E-state index in [4.69, 9.17) is 11.6 Å². The second-order valence-corrected chi connectivity index (χ2v) is 4.34. The van der Waals surface area contributed by atoms with Crippen molar-refractivity contribution in [3.63, 3.8) is 0 Å². The first-order chi connectivity index (χ1) is 7.04. The zero-order valence-electron chi connectivity index (χ0n) is 8.06. The van der Waals surface area contributed by atoms with E-state index in [-0.39, 0.29) is 17.7 Å². The van der Waals surface area contributed by atoms with E-state index < -0.39 is 5.82 Å². The van der Waals surface area contributed by atoms with Gasteiger partial charge in [0, 0.05) is 17.5 Å². The molecule has 1 atom stereocenters. The Bertz CT molecular complexity index is 372. The molecule has 0 saturated carbocycles. The molecule has 1 unspecified atom stereocenters. The molecule has 82 valence electrons. The van der Waals surface area contributed by atoms with E-state index in [1.54, 1.807) is 13.0 Å². The fourth-order valence-corrected chi connectivity index (χ4v) is 1.30. The predicted molar refractivity (Wildman–Crippen MR) is 62.6 cm³/mol. The molecule has 0 aromatic heterocycles. The van der Waals surface area contributed by atoms with E-state index in [9.17, 15) is 9.18 Å². The number of halogens is 3. The van der Waals surface area contributed by atoms with Gasteiger partial charge in [0.1, 0.15) is 5.82 Å².